The van der Waals surface area contributed by atoms with Crippen molar-refractivity contribution in [2.24, 2.45) is 0 Å². The summed E-state index contributed by atoms with van der Waals surface area (Å²) < 4.78 is 11.4. The molecule has 0 radical (unpaired) electrons. The molecule has 1 unspecified atom stereocenters. The molecule has 1 aliphatic rings. The lowest BCUT2D eigenvalue weighted by Gasteiger charge is -2.27. The molecule has 0 aliphatic carbocycles. The summed E-state index contributed by atoms with van der Waals surface area (Å²) in [5, 5.41) is 3.72. The number of amides is 1. The van der Waals surface area contributed by atoms with Crippen LogP contribution in [0.25, 0.3) is 0 Å². The molecule has 1 aliphatic heterocycles. The molecule has 1 atom stereocenters. The fourth-order valence-corrected chi connectivity index (χ4v) is 3.36. The van der Waals surface area contributed by atoms with Crippen LogP contribution in [0.5, 0.6) is 11.5 Å². The van der Waals surface area contributed by atoms with Gasteiger partial charge in [-0.3, -0.25) is 4.79 Å². The molecule has 0 bridgehead atoms. The second-order valence-electron chi connectivity index (χ2n) is 6.78. The number of halogens is 1. The van der Waals surface area contributed by atoms with Crippen LogP contribution in [0.2, 0.25) is 5.02 Å². The van der Waals surface area contributed by atoms with Gasteiger partial charge in [-0.1, -0.05) is 37.8 Å². The maximum absolute atomic E-state index is 12.6. The summed E-state index contributed by atoms with van der Waals surface area (Å²) in [6, 6.07) is 12.7. The van der Waals surface area contributed by atoms with Crippen LogP contribution >= 0.6 is 11.6 Å². The zero-order valence-electron chi connectivity index (χ0n) is 15.7. The fourth-order valence-electron chi connectivity index (χ4n) is 3.18. The van der Waals surface area contributed by atoms with Gasteiger partial charge < -0.3 is 14.8 Å². The minimum absolute atomic E-state index is 0.102. The summed E-state index contributed by atoms with van der Waals surface area (Å²) in [5.41, 5.74) is 1.54. The van der Waals surface area contributed by atoms with Crippen LogP contribution in [0.3, 0.4) is 0 Å². The van der Waals surface area contributed by atoms with E-state index >= 15 is 0 Å². The van der Waals surface area contributed by atoms with Gasteiger partial charge in [-0.25, -0.2) is 0 Å². The third-order valence-corrected chi connectivity index (χ3v) is 4.93. The van der Waals surface area contributed by atoms with Crippen molar-refractivity contribution in [1.82, 2.24) is 5.32 Å². The first-order chi connectivity index (χ1) is 13.2. The Morgan fingerprint density at radius 1 is 1.19 bits per heavy atom. The summed E-state index contributed by atoms with van der Waals surface area (Å²) in [6.07, 6.45) is 5.42. The molecular weight excluding hydrogens is 362 g/mol. The molecule has 0 aromatic heterocycles. The van der Waals surface area contributed by atoms with E-state index in [1.807, 2.05) is 24.3 Å². The number of hydrogen-bond donors (Lipinski definition) is 1. The van der Waals surface area contributed by atoms with E-state index in [2.05, 4.69) is 12.2 Å². The summed E-state index contributed by atoms with van der Waals surface area (Å²) >= 11 is 6.10. The van der Waals surface area contributed by atoms with Crippen molar-refractivity contribution in [3.05, 3.63) is 58.6 Å². The zero-order chi connectivity index (χ0) is 19.1. The zero-order valence-corrected chi connectivity index (χ0v) is 16.4. The molecule has 1 N–H and O–H groups in total. The van der Waals surface area contributed by atoms with Crippen molar-refractivity contribution in [3.8, 4) is 11.5 Å². The van der Waals surface area contributed by atoms with Crippen LogP contribution in [0, 0.1) is 0 Å². The average molecular weight is 388 g/mol. The molecule has 144 valence electrons. The molecule has 27 heavy (non-hydrogen) atoms. The van der Waals surface area contributed by atoms with Gasteiger partial charge in [-0.2, -0.15) is 0 Å². The molecule has 5 heteroatoms. The molecule has 2 aromatic rings. The number of ether oxygens (including phenoxy) is 2. The van der Waals surface area contributed by atoms with Crippen LogP contribution in [0.4, 0.5) is 0 Å². The molecule has 0 spiro atoms. The molecule has 4 nitrogen and oxygen atoms in total. The number of fused-ring (bicyclic) bond motifs is 1. The Hall–Kier alpha value is -2.20. The van der Waals surface area contributed by atoms with Crippen LogP contribution in [-0.2, 0) is 0 Å². The van der Waals surface area contributed by atoms with Gasteiger partial charge in [0.25, 0.3) is 5.91 Å². The summed E-state index contributed by atoms with van der Waals surface area (Å²) in [6.45, 7) is 3.48. The predicted octanol–water partition coefficient (Wildman–Crippen LogP) is 5.55. The molecular formula is C22H26ClNO3. The molecule has 1 heterocycles. The Bertz CT molecular complexity index is 761. The monoisotopic (exact) mass is 387 g/mol. The number of benzene rings is 2. The van der Waals surface area contributed by atoms with Crippen molar-refractivity contribution >= 4 is 17.5 Å². The Balaban J connectivity index is 1.57. The van der Waals surface area contributed by atoms with Crippen LogP contribution in [0.15, 0.2) is 42.5 Å². The van der Waals surface area contributed by atoms with Crippen LogP contribution < -0.4 is 14.8 Å². The number of carbonyl (C=O) groups excluding carboxylic acids is 1. The molecule has 2 aromatic carbocycles. The number of rotatable bonds is 8. The highest BCUT2D eigenvalue weighted by atomic mass is 35.5. The molecule has 3 rings (SSSR count). The number of carbonyl (C=O) groups is 1. The van der Waals surface area contributed by atoms with Gasteiger partial charge in [0, 0.05) is 22.6 Å². The van der Waals surface area contributed by atoms with E-state index in [-0.39, 0.29) is 11.9 Å². The van der Waals surface area contributed by atoms with Gasteiger partial charge >= 0.3 is 0 Å². The van der Waals surface area contributed by atoms with E-state index in [1.165, 1.54) is 19.3 Å². The Morgan fingerprint density at radius 2 is 2.00 bits per heavy atom. The minimum Gasteiger partial charge on any atom is -0.494 e. The Kier molecular flexibility index (Phi) is 6.99. The van der Waals surface area contributed by atoms with Crippen molar-refractivity contribution < 1.29 is 14.3 Å². The smallest absolute Gasteiger partial charge is 0.251 e. The van der Waals surface area contributed by atoms with Crippen LogP contribution in [0.1, 0.15) is 61.0 Å². The maximum atomic E-state index is 12.6. The Morgan fingerprint density at radius 3 is 2.78 bits per heavy atom. The maximum Gasteiger partial charge on any atom is 0.251 e. The second-order valence-corrected chi connectivity index (χ2v) is 7.22. The van der Waals surface area contributed by atoms with Crippen molar-refractivity contribution in [1.29, 1.82) is 0 Å². The quantitative estimate of drug-likeness (QED) is 0.604. The lowest BCUT2D eigenvalue weighted by atomic mass is 10.00. The van der Waals surface area contributed by atoms with E-state index in [4.69, 9.17) is 21.1 Å². The van der Waals surface area contributed by atoms with Gasteiger partial charge in [0.15, 0.2) is 0 Å². The largest absolute Gasteiger partial charge is 0.494 e. The van der Waals surface area contributed by atoms with E-state index in [9.17, 15) is 4.79 Å². The third kappa shape index (κ3) is 5.39. The normalized spacial score (nSPS) is 15.6. The van der Waals surface area contributed by atoms with Crippen molar-refractivity contribution in [2.75, 3.05) is 13.2 Å². The highest BCUT2D eigenvalue weighted by Gasteiger charge is 2.23. The van der Waals surface area contributed by atoms with Crippen molar-refractivity contribution in [3.63, 3.8) is 0 Å². The molecule has 0 saturated heterocycles. The number of hydrogen-bond acceptors (Lipinski definition) is 3. The number of nitrogens with one attached hydrogen (secondary N) is 1. The minimum atomic E-state index is -0.109. The topological polar surface area (TPSA) is 47.6 Å². The first-order valence-corrected chi connectivity index (χ1v) is 10.0. The number of unbranched alkanes of at least 4 members (excludes halogenated alkanes) is 3. The first-order valence-electron chi connectivity index (χ1n) is 9.63. The highest BCUT2D eigenvalue weighted by Crippen LogP contribution is 2.34. The standard InChI is InChI=1S/C22H26ClNO3/c1-2-3-4-5-13-26-18-9-6-16(7-10-18)22(25)24-20-12-14-27-21-11-8-17(23)15-19(20)21/h6-11,15,20H,2-5,12-14H2,1H3,(H,24,25). The lowest BCUT2D eigenvalue weighted by Crippen LogP contribution is -2.32. The van der Waals surface area contributed by atoms with Crippen LogP contribution in [-0.4, -0.2) is 19.1 Å². The third-order valence-electron chi connectivity index (χ3n) is 4.70. The fraction of sp³-hybridized carbons (Fsp3) is 0.409. The average Bonchev–Trinajstić information content (AvgIpc) is 2.69. The molecule has 1 amide bonds. The van der Waals surface area contributed by atoms with E-state index in [0.29, 0.717) is 23.8 Å². The Labute approximate surface area is 165 Å². The first kappa shape index (κ1) is 19.6. The molecule has 0 fully saturated rings. The second kappa shape index (κ2) is 9.65. The molecule has 0 saturated carbocycles. The van der Waals surface area contributed by atoms with E-state index < -0.39 is 0 Å². The highest BCUT2D eigenvalue weighted by molar-refractivity contribution is 6.30. The van der Waals surface area contributed by atoms with E-state index in [1.54, 1.807) is 18.2 Å². The summed E-state index contributed by atoms with van der Waals surface area (Å²) in [5.74, 6) is 1.47. The van der Waals surface area contributed by atoms with Gasteiger partial charge in [0.1, 0.15) is 11.5 Å². The van der Waals surface area contributed by atoms with Gasteiger partial charge in [0.05, 0.1) is 19.3 Å². The summed E-state index contributed by atoms with van der Waals surface area (Å²) in [4.78, 5) is 12.6. The van der Waals surface area contributed by atoms with Gasteiger partial charge in [0.2, 0.25) is 0 Å². The summed E-state index contributed by atoms with van der Waals surface area (Å²) in [7, 11) is 0. The lowest BCUT2D eigenvalue weighted by molar-refractivity contribution is 0.0924. The predicted molar refractivity (Wildman–Crippen MR) is 108 cm³/mol. The van der Waals surface area contributed by atoms with Gasteiger partial charge in [-0.15, -0.1) is 0 Å². The van der Waals surface area contributed by atoms with Gasteiger partial charge in [-0.05, 0) is 48.9 Å². The SMILES string of the molecule is CCCCCCOc1ccc(C(=O)NC2CCOc3ccc(Cl)cc32)cc1. The van der Waals surface area contributed by atoms with E-state index in [0.717, 1.165) is 29.9 Å². The van der Waals surface area contributed by atoms with Crippen molar-refractivity contribution in [2.45, 2.75) is 45.1 Å².